The number of hydrogen-bond acceptors (Lipinski definition) is 4. The van der Waals surface area contributed by atoms with E-state index in [-0.39, 0.29) is 6.79 Å². The monoisotopic (exact) mass is 197 g/mol. The molecule has 1 heterocycles. The SMILES string of the molecule is CCOc1nc(C)ccc1OCOC. The lowest BCUT2D eigenvalue weighted by molar-refractivity contribution is 0.0481. The lowest BCUT2D eigenvalue weighted by Gasteiger charge is -2.10. The summed E-state index contributed by atoms with van der Waals surface area (Å²) in [7, 11) is 1.57. The van der Waals surface area contributed by atoms with Crippen LogP contribution in [0, 0.1) is 6.92 Å². The highest BCUT2D eigenvalue weighted by molar-refractivity contribution is 5.34. The predicted molar refractivity (Wildman–Crippen MR) is 52.6 cm³/mol. The van der Waals surface area contributed by atoms with E-state index in [1.807, 2.05) is 26.0 Å². The highest BCUT2D eigenvalue weighted by atomic mass is 16.7. The Morgan fingerprint density at radius 3 is 2.71 bits per heavy atom. The third-order valence-electron chi connectivity index (χ3n) is 1.58. The second-order valence-electron chi connectivity index (χ2n) is 2.74. The standard InChI is InChI=1S/C10H15NO3/c1-4-13-10-9(14-7-12-3)6-5-8(2)11-10/h5-6H,4,7H2,1-3H3. The molecule has 0 N–H and O–H groups in total. The quantitative estimate of drug-likeness (QED) is 0.674. The van der Waals surface area contributed by atoms with Gasteiger partial charge in [0.2, 0.25) is 0 Å². The zero-order chi connectivity index (χ0) is 10.4. The van der Waals surface area contributed by atoms with Crippen LogP contribution in [0.2, 0.25) is 0 Å². The van der Waals surface area contributed by atoms with E-state index in [2.05, 4.69) is 4.98 Å². The van der Waals surface area contributed by atoms with Gasteiger partial charge in [-0.2, -0.15) is 0 Å². The van der Waals surface area contributed by atoms with Crippen molar-refractivity contribution in [2.24, 2.45) is 0 Å². The molecule has 0 saturated carbocycles. The number of aromatic nitrogens is 1. The van der Waals surface area contributed by atoms with Gasteiger partial charge in [-0.3, -0.25) is 0 Å². The molecule has 0 unspecified atom stereocenters. The topological polar surface area (TPSA) is 40.6 Å². The average Bonchev–Trinajstić information content (AvgIpc) is 2.17. The van der Waals surface area contributed by atoms with Gasteiger partial charge < -0.3 is 14.2 Å². The predicted octanol–water partition coefficient (Wildman–Crippen LogP) is 1.77. The molecule has 0 spiro atoms. The van der Waals surface area contributed by atoms with Gasteiger partial charge in [0.25, 0.3) is 5.88 Å². The Balaban J connectivity index is 2.78. The molecule has 0 aromatic carbocycles. The molecule has 0 bridgehead atoms. The first kappa shape index (κ1) is 10.8. The third-order valence-corrected chi connectivity index (χ3v) is 1.58. The highest BCUT2D eigenvalue weighted by Gasteiger charge is 2.06. The Labute approximate surface area is 83.8 Å². The minimum absolute atomic E-state index is 0.199. The molecule has 0 aliphatic rings. The molecule has 0 saturated heterocycles. The summed E-state index contributed by atoms with van der Waals surface area (Å²) in [6.07, 6.45) is 0. The molecule has 78 valence electrons. The summed E-state index contributed by atoms with van der Waals surface area (Å²) in [6, 6.07) is 3.69. The van der Waals surface area contributed by atoms with Gasteiger partial charge in [0.05, 0.1) is 6.61 Å². The van der Waals surface area contributed by atoms with Crippen LogP contribution in [0.3, 0.4) is 0 Å². The van der Waals surface area contributed by atoms with Gasteiger partial charge in [0.1, 0.15) is 0 Å². The number of methoxy groups -OCH3 is 1. The minimum atomic E-state index is 0.199. The normalized spacial score (nSPS) is 9.93. The first-order valence-corrected chi connectivity index (χ1v) is 4.50. The van der Waals surface area contributed by atoms with Gasteiger partial charge in [-0.05, 0) is 26.0 Å². The van der Waals surface area contributed by atoms with Crippen LogP contribution in [0.4, 0.5) is 0 Å². The molecule has 0 aliphatic carbocycles. The maximum Gasteiger partial charge on any atom is 0.257 e. The van der Waals surface area contributed by atoms with E-state index in [0.29, 0.717) is 18.2 Å². The molecule has 14 heavy (non-hydrogen) atoms. The zero-order valence-corrected chi connectivity index (χ0v) is 8.74. The first-order chi connectivity index (χ1) is 6.77. The zero-order valence-electron chi connectivity index (χ0n) is 8.74. The van der Waals surface area contributed by atoms with Crippen LogP contribution in [0.1, 0.15) is 12.6 Å². The Morgan fingerprint density at radius 2 is 2.07 bits per heavy atom. The van der Waals surface area contributed by atoms with Gasteiger partial charge in [-0.15, -0.1) is 0 Å². The van der Waals surface area contributed by atoms with Gasteiger partial charge in [-0.25, -0.2) is 4.98 Å². The van der Waals surface area contributed by atoms with Crippen LogP contribution in [0.25, 0.3) is 0 Å². The van der Waals surface area contributed by atoms with E-state index >= 15 is 0 Å². The number of aryl methyl sites for hydroxylation is 1. The van der Waals surface area contributed by atoms with E-state index in [0.717, 1.165) is 5.69 Å². The van der Waals surface area contributed by atoms with Crippen LogP contribution >= 0.6 is 0 Å². The van der Waals surface area contributed by atoms with Crippen LogP contribution in [-0.4, -0.2) is 25.5 Å². The van der Waals surface area contributed by atoms with E-state index in [1.165, 1.54) is 0 Å². The number of pyridine rings is 1. The lowest BCUT2D eigenvalue weighted by Crippen LogP contribution is -2.03. The van der Waals surface area contributed by atoms with Crippen molar-refractivity contribution in [1.82, 2.24) is 4.98 Å². The van der Waals surface area contributed by atoms with Crippen LogP contribution < -0.4 is 9.47 Å². The lowest BCUT2D eigenvalue weighted by atomic mass is 10.3. The molecule has 4 heteroatoms. The summed E-state index contributed by atoms with van der Waals surface area (Å²) >= 11 is 0. The summed E-state index contributed by atoms with van der Waals surface area (Å²) in [6.45, 7) is 4.58. The molecule has 1 aromatic heterocycles. The maximum atomic E-state index is 5.32. The third kappa shape index (κ3) is 2.88. The fraction of sp³-hybridized carbons (Fsp3) is 0.500. The Hall–Kier alpha value is -1.29. The van der Waals surface area contributed by atoms with Crippen LogP contribution in [-0.2, 0) is 4.74 Å². The molecule has 1 aromatic rings. The summed E-state index contributed by atoms with van der Waals surface area (Å²) in [5.74, 6) is 1.13. The second-order valence-corrected chi connectivity index (χ2v) is 2.74. The van der Waals surface area contributed by atoms with E-state index in [1.54, 1.807) is 7.11 Å². The molecule has 0 radical (unpaired) electrons. The summed E-state index contributed by atoms with van der Waals surface area (Å²) < 4.78 is 15.4. The van der Waals surface area contributed by atoms with Gasteiger partial charge in [0.15, 0.2) is 12.5 Å². The molecule has 0 atom stereocenters. The Bertz CT molecular complexity index is 289. The molecule has 0 amide bonds. The molecular weight excluding hydrogens is 182 g/mol. The Kier molecular flexibility index (Phi) is 4.19. The van der Waals surface area contributed by atoms with E-state index < -0.39 is 0 Å². The smallest absolute Gasteiger partial charge is 0.257 e. The molecule has 0 aliphatic heterocycles. The van der Waals surface area contributed by atoms with Crippen LogP contribution in [0.5, 0.6) is 11.6 Å². The van der Waals surface area contributed by atoms with Gasteiger partial charge >= 0.3 is 0 Å². The van der Waals surface area contributed by atoms with Crippen molar-refractivity contribution in [3.05, 3.63) is 17.8 Å². The highest BCUT2D eigenvalue weighted by Crippen LogP contribution is 2.24. The number of rotatable bonds is 5. The largest absolute Gasteiger partial charge is 0.475 e. The maximum absolute atomic E-state index is 5.32. The molecule has 4 nitrogen and oxygen atoms in total. The number of hydrogen-bond donors (Lipinski definition) is 0. The summed E-state index contributed by atoms with van der Waals surface area (Å²) in [5, 5.41) is 0. The Morgan fingerprint density at radius 1 is 1.29 bits per heavy atom. The molecule has 1 rings (SSSR count). The van der Waals surface area contributed by atoms with Crippen molar-refractivity contribution in [1.29, 1.82) is 0 Å². The fourth-order valence-corrected chi connectivity index (χ4v) is 0.992. The van der Waals surface area contributed by atoms with Gasteiger partial charge in [0, 0.05) is 12.8 Å². The van der Waals surface area contributed by atoms with E-state index in [9.17, 15) is 0 Å². The summed E-state index contributed by atoms with van der Waals surface area (Å²) in [5.41, 5.74) is 0.901. The van der Waals surface area contributed by atoms with Crippen molar-refractivity contribution in [2.45, 2.75) is 13.8 Å². The molecule has 0 fully saturated rings. The van der Waals surface area contributed by atoms with Crippen molar-refractivity contribution < 1.29 is 14.2 Å². The minimum Gasteiger partial charge on any atom is -0.475 e. The average molecular weight is 197 g/mol. The van der Waals surface area contributed by atoms with Crippen molar-refractivity contribution in [2.75, 3.05) is 20.5 Å². The number of nitrogens with zero attached hydrogens (tertiary/aromatic N) is 1. The van der Waals surface area contributed by atoms with Crippen molar-refractivity contribution >= 4 is 0 Å². The number of ether oxygens (including phenoxy) is 3. The first-order valence-electron chi connectivity index (χ1n) is 4.50. The van der Waals surface area contributed by atoms with Crippen LogP contribution in [0.15, 0.2) is 12.1 Å². The second kappa shape index (κ2) is 5.44. The van der Waals surface area contributed by atoms with Crippen molar-refractivity contribution in [3.8, 4) is 11.6 Å². The van der Waals surface area contributed by atoms with Crippen molar-refractivity contribution in [3.63, 3.8) is 0 Å². The fourth-order valence-electron chi connectivity index (χ4n) is 0.992. The molecular formula is C10H15NO3. The van der Waals surface area contributed by atoms with E-state index in [4.69, 9.17) is 14.2 Å². The van der Waals surface area contributed by atoms with Gasteiger partial charge in [-0.1, -0.05) is 0 Å². The summed E-state index contributed by atoms with van der Waals surface area (Å²) in [4.78, 5) is 4.21.